The van der Waals surface area contributed by atoms with E-state index in [9.17, 15) is 22.0 Å². The summed E-state index contributed by atoms with van der Waals surface area (Å²) in [6.45, 7) is 0.287. The maximum Gasteiger partial charge on any atom is 0.220 e. The van der Waals surface area contributed by atoms with E-state index in [0.717, 1.165) is 17.7 Å². The zero-order valence-electron chi connectivity index (χ0n) is 16.7. The predicted octanol–water partition coefficient (Wildman–Crippen LogP) is 2.92. The van der Waals surface area contributed by atoms with Crippen LogP contribution in [0.2, 0.25) is 0 Å². The molecule has 1 amide bonds. The lowest BCUT2D eigenvalue weighted by Gasteiger charge is -2.07. The van der Waals surface area contributed by atoms with Gasteiger partial charge in [-0.2, -0.15) is 0 Å². The van der Waals surface area contributed by atoms with Gasteiger partial charge in [0.25, 0.3) is 0 Å². The second kappa shape index (κ2) is 9.80. The minimum absolute atomic E-state index is 0.0931. The molecule has 3 aromatic rings. The number of benzene rings is 2. The fourth-order valence-corrected chi connectivity index (χ4v) is 3.57. The number of sulfonamides is 1. The van der Waals surface area contributed by atoms with E-state index in [1.807, 2.05) is 0 Å². The van der Waals surface area contributed by atoms with Gasteiger partial charge in [0.2, 0.25) is 15.9 Å². The van der Waals surface area contributed by atoms with E-state index in [1.54, 1.807) is 24.3 Å². The molecule has 7 nitrogen and oxygen atoms in total. The number of hydrogen-bond acceptors (Lipinski definition) is 5. The Kier molecular flexibility index (Phi) is 7.13. The molecule has 0 fully saturated rings. The first kappa shape index (κ1) is 22.6. The van der Waals surface area contributed by atoms with Crippen LogP contribution in [0.3, 0.4) is 0 Å². The lowest BCUT2D eigenvalue weighted by molar-refractivity contribution is -0.121. The number of oxazole rings is 1. The van der Waals surface area contributed by atoms with Crippen LogP contribution in [-0.2, 0) is 33.5 Å². The van der Waals surface area contributed by atoms with Gasteiger partial charge >= 0.3 is 0 Å². The van der Waals surface area contributed by atoms with Gasteiger partial charge in [-0.1, -0.05) is 24.3 Å². The molecule has 0 bridgehead atoms. The first-order valence-corrected chi connectivity index (χ1v) is 11.1. The number of nitrogens with one attached hydrogen (secondary N) is 2. The van der Waals surface area contributed by atoms with Crippen molar-refractivity contribution in [2.24, 2.45) is 0 Å². The van der Waals surface area contributed by atoms with Gasteiger partial charge in [0.15, 0.2) is 11.7 Å². The standard InChI is InChI=1S/C21H21F2N3O4S/c1-24-31(28,29)13-15-4-2-14(3-5-15)11-25-20(27)8-9-21-26-12-19(30-21)17-7-6-16(22)10-18(17)23/h2-7,10,12,24H,8-9,11,13H2,1H3,(H,25,27). The summed E-state index contributed by atoms with van der Waals surface area (Å²) in [7, 11) is -1.98. The molecule has 0 aliphatic rings. The van der Waals surface area contributed by atoms with E-state index in [-0.39, 0.29) is 48.3 Å². The average molecular weight is 449 g/mol. The van der Waals surface area contributed by atoms with Crippen molar-refractivity contribution in [3.8, 4) is 11.3 Å². The SMILES string of the molecule is CNS(=O)(=O)Cc1ccc(CNC(=O)CCc2ncc(-c3ccc(F)cc3F)o2)cc1. The fourth-order valence-electron chi connectivity index (χ4n) is 2.79. The van der Waals surface area contributed by atoms with Crippen molar-refractivity contribution in [3.05, 3.63) is 77.3 Å². The van der Waals surface area contributed by atoms with Crippen molar-refractivity contribution >= 4 is 15.9 Å². The number of aryl methyl sites for hydroxylation is 1. The van der Waals surface area contributed by atoms with Gasteiger partial charge in [-0.15, -0.1) is 0 Å². The molecule has 2 aromatic carbocycles. The van der Waals surface area contributed by atoms with Crippen molar-refractivity contribution in [1.82, 2.24) is 15.0 Å². The highest BCUT2D eigenvalue weighted by Gasteiger charge is 2.13. The maximum absolute atomic E-state index is 13.8. The van der Waals surface area contributed by atoms with E-state index in [4.69, 9.17) is 4.42 Å². The van der Waals surface area contributed by atoms with Gasteiger partial charge in [-0.25, -0.2) is 26.9 Å². The summed E-state index contributed by atoms with van der Waals surface area (Å²) < 4.78 is 57.7. The molecular weight excluding hydrogens is 428 g/mol. The third kappa shape index (κ3) is 6.43. The highest BCUT2D eigenvalue weighted by molar-refractivity contribution is 7.88. The van der Waals surface area contributed by atoms with Crippen molar-refractivity contribution in [1.29, 1.82) is 0 Å². The number of rotatable bonds is 9. The average Bonchev–Trinajstić information content (AvgIpc) is 3.20. The molecule has 3 rings (SSSR count). The number of carbonyl (C=O) groups excluding carboxylic acids is 1. The molecule has 0 radical (unpaired) electrons. The monoisotopic (exact) mass is 449 g/mol. The van der Waals surface area contributed by atoms with Crippen molar-refractivity contribution < 1.29 is 26.4 Å². The summed E-state index contributed by atoms with van der Waals surface area (Å²) in [6.07, 6.45) is 1.67. The fraction of sp³-hybridized carbons (Fsp3) is 0.238. The van der Waals surface area contributed by atoms with Crippen LogP contribution in [0.4, 0.5) is 8.78 Å². The van der Waals surface area contributed by atoms with Gasteiger partial charge in [0.05, 0.1) is 17.5 Å². The van der Waals surface area contributed by atoms with E-state index >= 15 is 0 Å². The summed E-state index contributed by atoms with van der Waals surface area (Å²) >= 11 is 0. The number of carbonyl (C=O) groups is 1. The largest absolute Gasteiger partial charge is 0.441 e. The van der Waals surface area contributed by atoms with Crippen molar-refractivity contribution in [3.63, 3.8) is 0 Å². The third-order valence-corrected chi connectivity index (χ3v) is 5.83. The number of aromatic nitrogens is 1. The molecule has 31 heavy (non-hydrogen) atoms. The summed E-state index contributed by atoms with van der Waals surface area (Å²) in [5.41, 5.74) is 1.56. The second-order valence-corrected chi connectivity index (χ2v) is 8.73. The first-order valence-electron chi connectivity index (χ1n) is 9.41. The van der Waals surface area contributed by atoms with Crippen LogP contribution in [-0.4, -0.2) is 26.4 Å². The van der Waals surface area contributed by atoms with Gasteiger partial charge in [0.1, 0.15) is 11.6 Å². The summed E-state index contributed by atoms with van der Waals surface area (Å²) in [5.74, 6) is -1.35. The van der Waals surface area contributed by atoms with Crippen LogP contribution in [0.15, 0.2) is 53.1 Å². The Morgan fingerprint density at radius 1 is 1.10 bits per heavy atom. The molecule has 10 heteroatoms. The molecule has 0 saturated heterocycles. The van der Waals surface area contributed by atoms with Gasteiger partial charge in [-0.05, 0) is 30.3 Å². The highest BCUT2D eigenvalue weighted by Crippen LogP contribution is 2.24. The van der Waals surface area contributed by atoms with Crippen LogP contribution >= 0.6 is 0 Å². The normalized spacial score (nSPS) is 11.5. The summed E-state index contributed by atoms with van der Waals surface area (Å²) in [4.78, 5) is 16.1. The second-order valence-electron chi connectivity index (χ2n) is 6.80. The van der Waals surface area contributed by atoms with Crippen LogP contribution in [0.1, 0.15) is 23.4 Å². The van der Waals surface area contributed by atoms with E-state index in [2.05, 4.69) is 15.0 Å². The molecule has 0 atom stereocenters. The lowest BCUT2D eigenvalue weighted by Crippen LogP contribution is -2.23. The Hall–Kier alpha value is -3.11. The molecular formula is C21H21F2N3O4S. The molecule has 0 spiro atoms. The van der Waals surface area contributed by atoms with Gasteiger partial charge in [-0.3, -0.25) is 4.79 Å². The Morgan fingerprint density at radius 3 is 2.48 bits per heavy atom. The summed E-state index contributed by atoms with van der Waals surface area (Å²) in [5, 5.41) is 2.76. The molecule has 1 heterocycles. The molecule has 0 unspecified atom stereocenters. The van der Waals surface area contributed by atoms with Crippen LogP contribution in [0.5, 0.6) is 0 Å². The topological polar surface area (TPSA) is 101 Å². The summed E-state index contributed by atoms with van der Waals surface area (Å²) in [6, 6.07) is 10.0. The Balaban J connectivity index is 1.48. The zero-order chi connectivity index (χ0) is 22.4. The number of amides is 1. The first-order chi connectivity index (χ1) is 14.8. The Labute approximate surface area is 178 Å². The van der Waals surface area contributed by atoms with Crippen LogP contribution in [0, 0.1) is 11.6 Å². The van der Waals surface area contributed by atoms with Crippen LogP contribution < -0.4 is 10.0 Å². The Bertz CT molecular complexity index is 1160. The Morgan fingerprint density at radius 2 is 1.81 bits per heavy atom. The van der Waals surface area contributed by atoms with Crippen molar-refractivity contribution in [2.45, 2.75) is 25.1 Å². The molecule has 2 N–H and O–H groups in total. The maximum atomic E-state index is 13.8. The van der Waals surface area contributed by atoms with Crippen molar-refractivity contribution in [2.75, 3.05) is 7.05 Å². The number of nitrogens with zero attached hydrogens (tertiary/aromatic N) is 1. The van der Waals surface area contributed by atoms with Gasteiger partial charge < -0.3 is 9.73 Å². The minimum atomic E-state index is -3.34. The smallest absolute Gasteiger partial charge is 0.220 e. The van der Waals surface area contributed by atoms with E-state index < -0.39 is 21.7 Å². The zero-order valence-corrected chi connectivity index (χ0v) is 17.5. The molecule has 0 aliphatic heterocycles. The predicted molar refractivity (Wildman–Crippen MR) is 110 cm³/mol. The molecule has 1 aromatic heterocycles. The molecule has 0 aliphatic carbocycles. The van der Waals surface area contributed by atoms with Gasteiger partial charge in [0, 0.05) is 25.5 Å². The van der Waals surface area contributed by atoms with E-state index in [1.165, 1.54) is 19.3 Å². The lowest BCUT2D eigenvalue weighted by atomic mass is 10.1. The quantitative estimate of drug-likeness (QED) is 0.523. The third-order valence-electron chi connectivity index (χ3n) is 4.50. The number of hydrogen-bond donors (Lipinski definition) is 2. The minimum Gasteiger partial charge on any atom is -0.441 e. The van der Waals surface area contributed by atoms with Crippen LogP contribution in [0.25, 0.3) is 11.3 Å². The molecule has 0 saturated carbocycles. The van der Waals surface area contributed by atoms with E-state index in [0.29, 0.717) is 5.56 Å². The highest BCUT2D eigenvalue weighted by atomic mass is 32.2. The molecule has 164 valence electrons. The number of halogens is 2.